The molecule has 196 valence electrons. The van der Waals surface area contributed by atoms with Crippen molar-refractivity contribution in [2.24, 2.45) is 0 Å². The summed E-state index contributed by atoms with van der Waals surface area (Å²) in [5.41, 5.74) is -5.04. The molecule has 1 aliphatic rings. The van der Waals surface area contributed by atoms with E-state index in [1.807, 2.05) is 0 Å². The molecule has 3 unspecified atom stereocenters. The normalized spacial score (nSPS) is 29.5. The number of hydrogen-bond acceptors (Lipinski definition) is 10. The van der Waals surface area contributed by atoms with E-state index < -0.39 is 76.1 Å². The molecule has 2 heterocycles. The summed E-state index contributed by atoms with van der Waals surface area (Å²) in [5.74, 6) is -1.51. The quantitative estimate of drug-likeness (QED) is 0.166. The van der Waals surface area contributed by atoms with Crippen LogP contribution in [-0.4, -0.2) is 63.6 Å². The number of phosphoric acid groups is 3. The Morgan fingerprint density at radius 2 is 1.76 bits per heavy atom. The van der Waals surface area contributed by atoms with Crippen molar-refractivity contribution in [3.63, 3.8) is 0 Å². The van der Waals surface area contributed by atoms with Crippen molar-refractivity contribution in [1.82, 2.24) is 9.55 Å². The Kier molecular flexibility index (Phi) is 8.26. The zero-order valence-corrected chi connectivity index (χ0v) is 20.3. The van der Waals surface area contributed by atoms with Crippen LogP contribution in [0.2, 0.25) is 0 Å². The molecule has 1 aromatic heterocycles. The lowest BCUT2D eigenvalue weighted by Crippen LogP contribution is -2.51. The molecule has 6 atom stereocenters. The maximum Gasteiger partial charge on any atom is 0.490 e. The second kappa shape index (κ2) is 9.56. The van der Waals surface area contributed by atoms with Crippen LogP contribution in [0.4, 0.5) is 8.78 Å². The lowest BCUT2D eigenvalue weighted by Gasteiger charge is -2.34. The topological polar surface area (TPSA) is 244 Å². The molecule has 0 radical (unpaired) electrons. The number of aromatic amines is 1. The number of aliphatic hydroxyl groups is 1. The summed E-state index contributed by atoms with van der Waals surface area (Å²) in [5, 5.41) is 10.6. The first kappa shape index (κ1) is 29.4. The first-order valence-electron chi connectivity index (χ1n) is 8.58. The highest BCUT2D eigenvalue weighted by Crippen LogP contribution is 2.67. The summed E-state index contributed by atoms with van der Waals surface area (Å²) in [7, 11) is -17.3. The fourth-order valence-corrected chi connectivity index (χ4v) is 6.60. The molecule has 16 nitrogen and oxygen atoms in total. The summed E-state index contributed by atoms with van der Waals surface area (Å²) in [6.45, 7) is 0.191. The molecule has 0 amide bonds. The molecule has 0 aliphatic carbocycles. The molecule has 22 heteroatoms. The number of nitrogens with one attached hydrogen (secondary N) is 1. The van der Waals surface area contributed by atoms with Crippen LogP contribution in [0.15, 0.2) is 15.8 Å². The molecule has 0 saturated carbocycles. The highest BCUT2D eigenvalue weighted by Gasteiger charge is 2.62. The Morgan fingerprint density at radius 1 is 1.21 bits per heavy atom. The smallest absolute Gasteiger partial charge is 0.388 e. The van der Waals surface area contributed by atoms with Gasteiger partial charge in [-0.2, -0.15) is 13.0 Å². The van der Waals surface area contributed by atoms with Crippen LogP contribution >= 0.6 is 35.1 Å². The number of hydrogen-bond donors (Lipinski definition) is 6. The van der Waals surface area contributed by atoms with E-state index in [4.69, 9.17) is 26.1 Å². The van der Waals surface area contributed by atoms with Gasteiger partial charge in [0.2, 0.25) is 5.82 Å². The summed E-state index contributed by atoms with van der Waals surface area (Å²) >= 11 is 6.09. The lowest BCUT2D eigenvalue weighted by molar-refractivity contribution is -0.118. The van der Waals surface area contributed by atoms with Gasteiger partial charge >= 0.3 is 29.2 Å². The Balaban J connectivity index is 2.39. The third-order valence-corrected chi connectivity index (χ3v) is 8.84. The Hall–Kier alpha value is -0.840. The van der Waals surface area contributed by atoms with Crippen molar-refractivity contribution in [2.45, 2.75) is 42.8 Å². The van der Waals surface area contributed by atoms with Crippen molar-refractivity contribution < 1.29 is 65.0 Å². The highest BCUT2D eigenvalue weighted by molar-refractivity contribution is 7.66. The molecule has 1 saturated heterocycles. The van der Waals surface area contributed by atoms with Gasteiger partial charge in [-0.25, -0.2) is 22.9 Å². The van der Waals surface area contributed by atoms with Crippen LogP contribution in [0.3, 0.4) is 0 Å². The van der Waals surface area contributed by atoms with Crippen LogP contribution < -0.4 is 11.2 Å². The van der Waals surface area contributed by atoms with Gasteiger partial charge in [-0.3, -0.25) is 18.9 Å². The van der Waals surface area contributed by atoms with Crippen LogP contribution in [0, 0.1) is 5.82 Å². The van der Waals surface area contributed by atoms with E-state index >= 15 is 0 Å². The van der Waals surface area contributed by atoms with Gasteiger partial charge in [-0.15, -0.1) is 11.6 Å². The van der Waals surface area contributed by atoms with Gasteiger partial charge in [0.1, 0.15) is 29.4 Å². The molecule has 1 aromatic rings. The lowest BCUT2D eigenvalue weighted by atomic mass is 9.91. The summed E-state index contributed by atoms with van der Waals surface area (Å²) in [4.78, 5) is 58.5. The maximum atomic E-state index is 13.9. The number of H-pyrrole nitrogens is 1. The van der Waals surface area contributed by atoms with E-state index in [0.29, 0.717) is 10.8 Å². The zero-order chi connectivity index (χ0) is 26.5. The molecule has 34 heavy (non-hydrogen) atoms. The standard InChI is InChI=1S/C12H18ClF2N2O14P3/c1-11(2,29-33(24,25)31-34(26,27)30-32(21,22)23)7-6(18)12(13,4-14)9(28-7)17-3-5(15)8(19)16-10(17)20/h3,6-7,9,18H,4H2,1-2H3,(H,24,25)(H,26,27)(H,16,19,20)(H2,21,22,23)/t6?,7-,9+,12+/m0/s1. The van der Waals surface area contributed by atoms with Gasteiger partial charge in [0.05, 0.1) is 6.20 Å². The minimum Gasteiger partial charge on any atom is -0.388 e. The number of phosphoric ester groups is 1. The molecule has 1 aliphatic heterocycles. The van der Waals surface area contributed by atoms with Crippen molar-refractivity contribution in [3.8, 4) is 0 Å². The predicted octanol–water partition coefficient (Wildman–Crippen LogP) is 0.00300. The predicted molar refractivity (Wildman–Crippen MR) is 105 cm³/mol. The third-order valence-electron chi connectivity index (χ3n) is 4.30. The first-order valence-corrected chi connectivity index (χ1v) is 13.5. The SMILES string of the molecule is CC(C)(OP(=O)(O)OP(=O)(O)OP(=O)(O)O)[C@H]1O[C@@H](n2cc(F)c(=O)[nH]c2=O)[C@@](Cl)(CF)C1O. The zero-order valence-electron chi connectivity index (χ0n) is 16.8. The first-order chi connectivity index (χ1) is 15.1. The Morgan fingerprint density at radius 3 is 2.26 bits per heavy atom. The van der Waals surface area contributed by atoms with Crippen molar-refractivity contribution in [3.05, 3.63) is 32.9 Å². The average molecular weight is 581 g/mol. The minimum atomic E-state index is -5.89. The van der Waals surface area contributed by atoms with Crippen LogP contribution in [0.1, 0.15) is 20.1 Å². The number of ether oxygens (including phenoxy) is 1. The fraction of sp³-hybridized carbons (Fsp3) is 0.667. The molecule has 1 fully saturated rings. The van der Waals surface area contributed by atoms with Crippen molar-refractivity contribution in [1.29, 1.82) is 0 Å². The summed E-state index contributed by atoms with van der Waals surface area (Å²) in [6.07, 6.45) is -5.82. The minimum absolute atomic E-state index is 0.299. The number of alkyl halides is 2. The second-order valence-corrected chi connectivity index (χ2v) is 12.4. The Bertz CT molecular complexity index is 1200. The van der Waals surface area contributed by atoms with Crippen LogP contribution in [-0.2, 0) is 31.6 Å². The molecular formula is C12H18ClF2N2O14P3. The largest absolute Gasteiger partial charge is 0.490 e. The van der Waals surface area contributed by atoms with E-state index in [1.54, 1.807) is 4.98 Å². The van der Waals surface area contributed by atoms with Crippen molar-refractivity contribution in [2.75, 3.05) is 6.67 Å². The van der Waals surface area contributed by atoms with Gasteiger partial charge in [0, 0.05) is 0 Å². The number of rotatable bonds is 9. The number of nitrogens with zero attached hydrogens (tertiary/aromatic N) is 1. The van der Waals surface area contributed by atoms with Crippen LogP contribution in [0.5, 0.6) is 0 Å². The van der Waals surface area contributed by atoms with Crippen LogP contribution in [0.25, 0.3) is 0 Å². The summed E-state index contributed by atoms with van der Waals surface area (Å²) in [6, 6.07) is 0. The number of halogens is 3. The molecule has 6 N–H and O–H groups in total. The van der Waals surface area contributed by atoms with Gasteiger partial charge in [-0.1, -0.05) is 0 Å². The third kappa shape index (κ3) is 6.48. The molecule has 2 rings (SSSR count). The second-order valence-electron chi connectivity index (χ2n) is 7.34. The molecular weight excluding hydrogens is 563 g/mol. The Labute approximate surface area is 192 Å². The molecule has 0 aromatic carbocycles. The highest BCUT2D eigenvalue weighted by atomic mass is 35.5. The van der Waals surface area contributed by atoms with Gasteiger partial charge < -0.3 is 29.4 Å². The maximum absolute atomic E-state index is 13.9. The monoisotopic (exact) mass is 580 g/mol. The summed E-state index contributed by atoms with van der Waals surface area (Å²) < 4.78 is 79.4. The number of aromatic nitrogens is 2. The van der Waals surface area contributed by atoms with E-state index in [1.165, 1.54) is 0 Å². The van der Waals surface area contributed by atoms with E-state index in [0.717, 1.165) is 13.8 Å². The van der Waals surface area contributed by atoms with Gasteiger partial charge in [0.15, 0.2) is 6.23 Å². The van der Waals surface area contributed by atoms with E-state index in [-0.39, 0.29) is 0 Å². The fourth-order valence-electron chi connectivity index (χ4n) is 2.99. The van der Waals surface area contributed by atoms with Gasteiger partial charge in [-0.05, 0) is 13.8 Å². The average Bonchev–Trinajstić information content (AvgIpc) is 2.87. The van der Waals surface area contributed by atoms with E-state index in [2.05, 4.69) is 13.1 Å². The molecule has 0 bridgehead atoms. The van der Waals surface area contributed by atoms with E-state index in [9.17, 15) is 47.0 Å². The molecule has 0 spiro atoms. The number of aliphatic hydroxyl groups excluding tert-OH is 1. The van der Waals surface area contributed by atoms with Crippen molar-refractivity contribution >= 4 is 35.1 Å². The van der Waals surface area contributed by atoms with Gasteiger partial charge in [0.25, 0.3) is 5.56 Å².